The fraction of sp³-hybridized carbons (Fsp3) is 0.538. The molecule has 0 saturated heterocycles. The number of halogens is 4. The topological polar surface area (TPSA) is 107 Å². The van der Waals surface area contributed by atoms with Crippen LogP contribution in [0.15, 0.2) is 11.2 Å². The molecule has 1 amide bonds. The van der Waals surface area contributed by atoms with Gasteiger partial charge in [0.15, 0.2) is 11.7 Å². The molecule has 4 N–H and O–H groups in total. The Morgan fingerprint density at radius 1 is 1.30 bits per heavy atom. The van der Waals surface area contributed by atoms with Crippen LogP contribution >= 0.6 is 11.6 Å². The van der Waals surface area contributed by atoms with Gasteiger partial charge in [-0.05, 0) is 25.7 Å². The summed E-state index contributed by atoms with van der Waals surface area (Å²) < 4.78 is 36.5. The van der Waals surface area contributed by atoms with E-state index >= 15 is 0 Å². The quantitative estimate of drug-likeness (QED) is 0.483. The van der Waals surface area contributed by atoms with Crippen LogP contribution in [0.5, 0.6) is 0 Å². The highest BCUT2D eigenvalue weighted by Gasteiger charge is 2.39. The summed E-state index contributed by atoms with van der Waals surface area (Å²) in [6, 6.07) is 0. The molecule has 0 aromatic carbocycles. The van der Waals surface area contributed by atoms with Crippen LogP contribution in [0.4, 0.5) is 19.0 Å². The van der Waals surface area contributed by atoms with Crippen molar-refractivity contribution in [2.75, 3.05) is 5.73 Å². The third-order valence-corrected chi connectivity index (χ3v) is 4.04. The second-order valence-corrected chi connectivity index (χ2v) is 5.89. The minimum Gasteiger partial charge on any atom is -0.382 e. The van der Waals surface area contributed by atoms with Crippen LogP contribution in [-0.4, -0.2) is 33.3 Å². The molecule has 2 rings (SSSR count). The van der Waals surface area contributed by atoms with Crippen molar-refractivity contribution < 1.29 is 18.0 Å². The SMILES string of the molecule is NC(=NC(=O)C(F)(F)F)c1ncc(C2CCC(Cl)CC2)nc1N. The van der Waals surface area contributed by atoms with E-state index in [-0.39, 0.29) is 22.8 Å². The summed E-state index contributed by atoms with van der Waals surface area (Å²) in [6.07, 6.45) is -0.355. The van der Waals surface area contributed by atoms with Crippen molar-refractivity contribution in [2.45, 2.75) is 43.2 Å². The number of nitrogen functional groups attached to an aromatic ring is 1. The predicted molar refractivity (Wildman–Crippen MR) is 79.1 cm³/mol. The fourth-order valence-electron chi connectivity index (χ4n) is 2.39. The van der Waals surface area contributed by atoms with Crippen LogP contribution < -0.4 is 11.5 Å². The second kappa shape index (κ2) is 6.69. The van der Waals surface area contributed by atoms with Crippen LogP contribution in [0.3, 0.4) is 0 Å². The number of aromatic nitrogens is 2. The molecule has 1 aliphatic rings. The molecule has 0 spiro atoms. The first-order chi connectivity index (χ1) is 10.7. The van der Waals surface area contributed by atoms with Crippen molar-refractivity contribution in [3.63, 3.8) is 0 Å². The number of hydrogen-bond acceptors (Lipinski definition) is 4. The number of aliphatic imine (C=N–C) groups is 1. The molecule has 1 aliphatic carbocycles. The maximum absolute atomic E-state index is 12.2. The Balaban J connectivity index is 2.19. The van der Waals surface area contributed by atoms with Gasteiger partial charge in [0.05, 0.1) is 5.69 Å². The normalized spacial score (nSPS) is 22.9. The largest absolute Gasteiger partial charge is 0.473 e. The van der Waals surface area contributed by atoms with E-state index in [4.69, 9.17) is 23.1 Å². The number of hydrogen-bond donors (Lipinski definition) is 2. The maximum Gasteiger partial charge on any atom is 0.473 e. The number of amides is 1. The lowest BCUT2D eigenvalue weighted by Crippen LogP contribution is -2.26. The lowest BCUT2D eigenvalue weighted by atomic mass is 9.87. The number of amidine groups is 1. The first-order valence-electron chi connectivity index (χ1n) is 6.90. The highest BCUT2D eigenvalue weighted by molar-refractivity contribution is 6.20. The molecule has 10 heteroatoms. The molecule has 1 aromatic heterocycles. The molecule has 1 aromatic rings. The van der Waals surface area contributed by atoms with Gasteiger partial charge in [0.2, 0.25) is 0 Å². The molecule has 1 saturated carbocycles. The summed E-state index contributed by atoms with van der Waals surface area (Å²) in [5.41, 5.74) is 11.4. The van der Waals surface area contributed by atoms with E-state index in [1.54, 1.807) is 0 Å². The number of rotatable bonds is 2. The Kier molecular flexibility index (Phi) is 5.08. The highest BCUT2D eigenvalue weighted by atomic mass is 35.5. The number of nitrogens with zero attached hydrogens (tertiary/aromatic N) is 3. The summed E-state index contributed by atoms with van der Waals surface area (Å²) in [7, 11) is 0. The zero-order chi connectivity index (χ0) is 17.2. The molecule has 1 fully saturated rings. The first-order valence-corrected chi connectivity index (χ1v) is 7.34. The lowest BCUT2D eigenvalue weighted by Gasteiger charge is -2.24. The smallest absolute Gasteiger partial charge is 0.382 e. The van der Waals surface area contributed by atoms with Gasteiger partial charge in [-0.25, -0.2) is 9.97 Å². The summed E-state index contributed by atoms with van der Waals surface area (Å²) in [4.78, 5) is 21.6. The van der Waals surface area contributed by atoms with Crippen LogP contribution in [0.25, 0.3) is 0 Å². The van der Waals surface area contributed by atoms with E-state index in [0.29, 0.717) is 5.69 Å². The summed E-state index contributed by atoms with van der Waals surface area (Å²) >= 11 is 6.04. The number of nitrogens with two attached hydrogens (primary N) is 2. The minimum absolute atomic E-state index is 0.142. The summed E-state index contributed by atoms with van der Waals surface area (Å²) in [6.45, 7) is 0. The molecule has 126 valence electrons. The standard InChI is InChI=1S/C13H15ClF3N5O/c14-7-3-1-6(2-4-7)8-5-20-9(10(18)21-8)11(19)22-12(23)13(15,16)17/h5-7H,1-4H2,(H2,18,21)(H2,19,22,23). The van der Waals surface area contributed by atoms with Gasteiger partial charge in [-0.1, -0.05) is 0 Å². The molecule has 0 unspecified atom stereocenters. The predicted octanol–water partition coefficient (Wildman–Crippen LogP) is 2.12. The van der Waals surface area contributed by atoms with E-state index in [9.17, 15) is 18.0 Å². The van der Waals surface area contributed by atoms with Gasteiger partial charge in [0.25, 0.3) is 0 Å². The maximum atomic E-state index is 12.2. The van der Waals surface area contributed by atoms with Gasteiger partial charge < -0.3 is 11.5 Å². The monoisotopic (exact) mass is 349 g/mol. The van der Waals surface area contributed by atoms with E-state index in [2.05, 4.69) is 15.0 Å². The minimum atomic E-state index is -5.10. The second-order valence-electron chi connectivity index (χ2n) is 5.28. The van der Waals surface area contributed by atoms with E-state index in [0.717, 1.165) is 25.7 Å². The van der Waals surface area contributed by atoms with Crippen LogP contribution in [0, 0.1) is 0 Å². The Labute approximate surface area is 135 Å². The van der Waals surface area contributed by atoms with Gasteiger partial charge in [-0.15, -0.1) is 11.6 Å². The van der Waals surface area contributed by atoms with Gasteiger partial charge in [0, 0.05) is 17.5 Å². The molecule has 0 atom stereocenters. The molecule has 0 bridgehead atoms. The fourth-order valence-corrected chi connectivity index (χ4v) is 2.64. The van der Waals surface area contributed by atoms with Gasteiger partial charge in [-0.3, -0.25) is 4.79 Å². The Morgan fingerprint density at radius 2 is 1.91 bits per heavy atom. The summed E-state index contributed by atoms with van der Waals surface area (Å²) in [5, 5.41) is 0.145. The Bertz CT molecular complexity index is 627. The Hall–Kier alpha value is -1.90. The van der Waals surface area contributed by atoms with Crippen LogP contribution in [0.1, 0.15) is 43.0 Å². The summed E-state index contributed by atoms with van der Waals surface area (Å²) in [5.74, 6) is -3.05. The van der Waals surface area contributed by atoms with Crippen LogP contribution in [0.2, 0.25) is 0 Å². The number of carbonyl (C=O) groups excluding carboxylic acids is 1. The van der Waals surface area contributed by atoms with Crippen molar-refractivity contribution in [1.29, 1.82) is 0 Å². The van der Waals surface area contributed by atoms with Gasteiger partial charge in [-0.2, -0.15) is 18.2 Å². The molecular weight excluding hydrogens is 335 g/mol. The third kappa shape index (κ3) is 4.31. The van der Waals surface area contributed by atoms with Crippen molar-refractivity contribution >= 4 is 29.2 Å². The molecular formula is C13H15ClF3N5O. The lowest BCUT2D eigenvalue weighted by molar-refractivity contribution is -0.169. The number of anilines is 1. The zero-order valence-electron chi connectivity index (χ0n) is 12.0. The van der Waals surface area contributed by atoms with E-state index in [1.165, 1.54) is 6.20 Å². The van der Waals surface area contributed by atoms with Crippen molar-refractivity contribution in [3.8, 4) is 0 Å². The van der Waals surface area contributed by atoms with Crippen molar-refractivity contribution in [2.24, 2.45) is 10.7 Å². The molecule has 0 radical (unpaired) electrons. The zero-order valence-corrected chi connectivity index (χ0v) is 12.7. The van der Waals surface area contributed by atoms with Crippen molar-refractivity contribution in [3.05, 3.63) is 17.6 Å². The van der Waals surface area contributed by atoms with Crippen LogP contribution in [-0.2, 0) is 4.79 Å². The number of carbonyl (C=O) groups is 1. The van der Waals surface area contributed by atoms with Gasteiger partial charge in [0.1, 0.15) is 5.69 Å². The third-order valence-electron chi connectivity index (χ3n) is 3.60. The molecule has 23 heavy (non-hydrogen) atoms. The van der Waals surface area contributed by atoms with E-state index < -0.39 is 17.9 Å². The Morgan fingerprint density at radius 3 is 2.43 bits per heavy atom. The molecule has 6 nitrogen and oxygen atoms in total. The first kappa shape index (κ1) is 17.5. The molecule has 1 heterocycles. The van der Waals surface area contributed by atoms with Gasteiger partial charge >= 0.3 is 12.1 Å². The van der Waals surface area contributed by atoms with Crippen molar-refractivity contribution in [1.82, 2.24) is 9.97 Å². The average Bonchev–Trinajstić information content (AvgIpc) is 2.46. The highest BCUT2D eigenvalue weighted by Crippen LogP contribution is 2.34. The molecule has 0 aliphatic heterocycles. The van der Waals surface area contributed by atoms with E-state index in [1.807, 2.05) is 0 Å². The number of alkyl halides is 4. The average molecular weight is 350 g/mol.